The Morgan fingerprint density at radius 3 is 2.36 bits per heavy atom. The molecule has 0 radical (unpaired) electrons. The molecule has 22 heavy (non-hydrogen) atoms. The lowest BCUT2D eigenvalue weighted by Gasteiger charge is -2.02. The molecule has 0 unspecified atom stereocenters. The topological polar surface area (TPSA) is 55.1 Å². The molecule has 0 amide bonds. The van der Waals surface area contributed by atoms with Gasteiger partial charge in [0.25, 0.3) is 0 Å². The summed E-state index contributed by atoms with van der Waals surface area (Å²) in [5, 5.41) is 13.2. The van der Waals surface area contributed by atoms with Gasteiger partial charge in [-0.05, 0) is 35.4 Å². The first kappa shape index (κ1) is 14.0. The van der Waals surface area contributed by atoms with E-state index in [1.807, 2.05) is 6.20 Å². The molecule has 0 aliphatic heterocycles. The van der Waals surface area contributed by atoms with Crippen LogP contribution in [0.25, 0.3) is 11.1 Å². The fourth-order valence-corrected chi connectivity index (χ4v) is 2.18. The summed E-state index contributed by atoms with van der Waals surface area (Å²) in [5.41, 5.74) is 3.01. The number of carboxylic acid groups (broad SMARTS) is 1. The molecule has 0 atom stereocenters. The van der Waals surface area contributed by atoms with Crippen LogP contribution in [-0.2, 0) is 6.54 Å². The molecule has 3 aromatic rings. The monoisotopic (exact) mass is 296 g/mol. The summed E-state index contributed by atoms with van der Waals surface area (Å²) in [5.74, 6) is -1.21. The molecule has 1 aromatic heterocycles. The molecule has 0 saturated heterocycles. The van der Waals surface area contributed by atoms with Gasteiger partial charge in [0.2, 0.25) is 0 Å². The van der Waals surface area contributed by atoms with Crippen LogP contribution in [0.1, 0.15) is 15.9 Å². The molecule has 1 heterocycles. The Morgan fingerprint density at radius 2 is 1.73 bits per heavy atom. The minimum absolute atomic E-state index is 0.252. The molecule has 110 valence electrons. The average molecular weight is 296 g/mol. The van der Waals surface area contributed by atoms with Gasteiger partial charge >= 0.3 is 5.97 Å². The normalized spacial score (nSPS) is 10.6. The van der Waals surface area contributed by atoms with E-state index in [1.165, 1.54) is 12.1 Å². The molecule has 5 heteroatoms. The van der Waals surface area contributed by atoms with Gasteiger partial charge in [0.05, 0.1) is 18.3 Å². The molecule has 0 fully saturated rings. The predicted octanol–water partition coefficient (Wildman–Crippen LogP) is 3.44. The highest BCUT2D eigenvalue weighted by atomic mass is 19.1. The van der Waals surface area contributed by atoms with Gasteiger partial charge in [0, 0.05) is 11.8 Å². The zero-order valence-electron chi connectivity index (χ0n) is 11.6. The van der Waals surface area contributed by atoms with Crippen LogP contribution in [0.3, 0.4) is 0 Å². The molecule has 0 bridgehead atoms. The number of halogens is 1. The second-order valence-electron chi connectivity index (χ2n) is 4.94. The van der Waals surface area contributed by atoms with Gasteiger partial charge in [-0.25, -0.2) is 9.18 Å². The minimum atomic E-state index is -0.946. The third-order valence-electron chi connectivity index (χ3n) is 3.36. The largest absolute Gasteiger partial charge is 0.478 e. The molecular weight excluding hydrogens is 283 g/mol. The minimum Gasteiger partial charge on any atom is -0.478 e. The highest BCUT2D eigenvalue weighted by molar-refractivity contribution is 5.88. The van der Waals surface area contributed by atoms with Crippen molar-refractivity contribution in [1.29, 1.82) is 0 Å². The van der Waals surface area contributed by atoms with E-state index in [1.54, 1.807) is 47.3 Å². The van der Waals surface area contributed by atoms with E-state index in [4.69, 9.17) is 5.11 Å². The number of aromatic carboxylic acids is 1. The van der Waals surface area contributed by atoms with E-state index in [9.17, 15) is 9.18 Å². The fraction of sp³-hybridized carbons (Fsp3) is 0.0588. The Hall–Kier alpha value is -2.95. The van der Waals surface area contributed by atoms with Crippen LogP contribution in [0.5, 0.6) is 0 Å². The number of hydrogen-bond donors (Lipinski definition) is 1. The van der Waals surface area contributed by atoms with Gasteiger partial charge in [0.15, 0.2) is 0 Å². The van der Waals surface area contributed by atoms with Crippen LogP contribution in [-0.4, -0.2) is 20.9 Å². The Bertz CT molecular complexity index is 792. The first-order chi connectivity index (χ1) is 10.6. The van der Waals surface area contributed by atoms with E-state index < -0.39 is 5.97 Å². The van der Waals surface area contributed by atoms with Crippen LogP contribution in [0, 0.1) is 5.82 Å². The maximum absolute atomic E-state index is 12.9. The summed E-state index contributed by atoms with van der Waals surface area (Å²) in [6.07, 6.45) is 3.60. The number of nitrogens with zero attached hydrogens (tertiary/aromatic N) is 2. The van der Waals surface area contributed by atoms with E-state index in [-0.39, 0.29) is 11.4 Å². The molecule has 2 aromatic carbocycles. The smallest absolute Gasteiger partial charge is 0.335 e. The summed E-state index contributed by atoms with van der Waals surface area (Å²) in [6.45, 7) is 0.549. The number of carboxylic acids is 1. The Labute approximate surface area is 126 Å². The van der Waals surface area contributed by atoms with Crippen molar-refractivity contribution < 1.29 is 14.3 Å². The molecule has 0 saturated carbocycles. The maximum Gasteiger partial charge on any atom is 0.335 e. The van der Waals surface area contributed by atoms with Gasteiger partial charge in [-0.1, -0.05) is 24.3 Å². The second-order valence-corrected chi connectivity index (χ2v) is 4.94. The van der Waals surface area contributed by atoms with Crippen molar-refractivity contribution in [3.8, 4) is 11.1 Å². The van der Waals surface area contributed by atoms with Crippen LogP contribution in [0.15, 0.2) is 60.9 Å². The highest BCUT2D eigenvalue weighted by Gasteiger charge is 2.05. The molecule has 0 aliphatic carbocycles. The standard InChI is InChI=1S/C17H13FN2O2/c18-16-7-1-12(2-8-16)10-20-11-15(9-19-20)13-3-5-14(6-4-13)17(21)22/h1-9,11H,10H2,(H,21,22). The lowest BCUT2D eigenvalue weighted by molar-refractivity contribution is 0.0697. The van der Waals surface area contributed by atoms with Crippen LogP contribution < -0.4 is 0 Å². The molecule has 3 rings (SSSR count). The Balaban J connectivity index is 1.78. The number of hydrogen-bond acceptors (Lipinski definition) is 2. The number of carbonyl (C=O) groups is 1. The molecule has 0 spiro atoms. The van der Waals surface area contributed by atoms with Crippen LogP contribution >= 0.6 is 0 Å². The molecule has 1 N–H and O–H groups in total. The lowest BCUT2D eigenvalue weighted by atomic mass is 10.1. The highest BCUT2D eigenvalue weighted by Crippen LogP contribution is 2.19. The van der Waals surface area contributed by atoms with Crippen molar-refractivity contribution in [2.24, 2.45) is 0 Å². The van der Waals surface area contributed by atoms with Crippen molar-refractivity contribution in [1.82, 2.24) is 9.78 Å². The summed E-state index contributed by atoms with van der Waals surface area (Å²) in [7, 11) is 0. The molecular formula is C17H13FN2O2. The predicted molar refractivity (Wildman–Crippen MR) is 80.1 cm³/mol. The van der Waals surface area contributed by atoms with Crippen molar-refractivity contribution in [2.75, 3.05) is 0 Å². The first-order valence-corrected chi connectivity index (χ1v) is 6.72. The maximum atomic E-state index is 12.9. The lowest BCUT2D eigenvalue weighted by Crippen LogP contribution is -1.99. The second kappa shape index (κ2) is 5.81. The summed E-state index contributed by atoms with van der Waals surface area (Å²) >= 11 is 0. The average Bonchev–Trinajstić information content (AvgIpc) is 2.98. The van der Waals surface area contributed by atoms with E-state index in [0.717, 1.165) is 16.7 Å². The van der Waals surface area contributed by atoms with Gasteiger partial charge < -0.3 is 5.11 Å². The van der Waals surface area contributed by atoms with Gasteiger partial charge in [-0.3, -0.25) is 4.68 Å². The van der Waals surface area contributed by atoms with Gasteiger partial charge in [-0.15, -0.1) is 0 Å². The summed E-state index contributed by atoms with van der Waals surface area (Å²) in [4.78, 5) is 10.8. The van der Waals surface area contributed by atoms with Crippen molar-refractivity contribution in [2.45, 2.75) is 6.54 Å². The number of benzene rings is 2. The van der Waals surface area contributed by atoms with Crippen LogP contribution in [0.2, 0.25) is 0 Å². The van der Waals surface area contributed by atoms with E-state index in [2.05, 4.69) is 5.10 Å². The molecule has 4 nitrogen and oxygen atoms in total. The van der Waals surface area contributed by atoms with Gasteiger partial charge in [0.1, 0.15) is 5.82 Å². The fourth-order valence-electron chi connectivity index (χ4n) is 2.18. The Morgan fingerprint density at radius 1 is 1.05 bits per heavy atom. The summed E-state index contributed by atoms with van der Waals surface area (Å²) in [6, 6.07) is 12.9. The number of aromatic nitrogens is 2. The number of rotatable bonds is 4. The zero-order valence-corrected chi connectivity index (χ0v) is 11.6. The van der Waals surface area contributed by atoms with Crippen molar-refractivity contribution in [3.05, 3.63) is 77.9 Å². The first-order valence-electron chi connectivity index (χ1n) is 6.72. The van der Waals surface area contributed by atoms with Crippen molar-refractivity contribution >= 4 is 5.97 Å². The van der Waals surface area contributed by atoms with Crippen LogP contribution in [0.4, 0.5) is 4.39 Å². The third kappa shape index (κ3) is 3.03. The zero-order chi connectivity index (χ0) is 15.5. The summed E-state index contributed by atoms with van der Waals surface area (Å²) < 4.78 is 14.6. The van der Waals surface area contributed by atoms with E-state index in [0.29, 0.717) is 6.54 Å². The Kier molecular flexibility index (Phi) is 3.70. The SMILES string of the molecule is O=C(O)c1ccc(-c2cnn(Cc3ccc(F)cc3)c2)cc1. The molecule has 0 aliphatic rings. The third-order valence-corrected chi connectivity index (χ3v) is 3.36. The van der Waals surface area contributed by atoms with Crippen molar-refractivity contribution in [3.63, 3.8) is 0 Å². The quantitative estimate of drug-likeness (QED) is 0.802. The van der Waals surface area contributed by atoms with E-state index >= 15 is 0 Å². The van der Waals surface area contributed by atoms with Gasteiger partial charge in [-0.2, -0.15) is 5.10 Å².